The molecule has 0 radical (unpaired) electrons. The van der Waals surface area contributed by atoms with Gasteiger partial charge in [-0.05, 0) is 39.9 Å². The van der Waals surface area contributed by atoms with Gasteiger partial charge in [0.1, 0.15) is 0 Å². The summed E-state index contributed by atoms with van der Waals surface area (Å²) in [7, 11) is 4.10. The van der Waals surface area contributed by atoms with E-state index in [0.717, 1.165) is 25.8 Å². The lowest BCUT2D eigenvalue weighted by Crippen LogP contribution is -2.13. The average molecular weight is 229 g/mol. The van der Waals surface area contributed by atoms with Crippen LogP contribution in [0.15, 0.2) is 0 Å². The molecule has 0 aromatic rings. The van der Waals surface area contributed by atoms with E-state index in [4.69, 9.17) is 4.74 Å². The van der Waals surface area contributed by atoms with Crippen LogP contribution in [0.5, 0.6) is 0 Å². The Bertz CT molecular complexity index is 169. The van der Waals surface area contributed by atoms with Crippen molar-refractivity contribution < 1.29 is 9.53 Å². The predicted molar refractivity (Wildman–Crippen MR) is 67.5 cm³/mol. The first-order chi connectivity index (χ1) is 7.66. The Hall–Kier alpha value is -0.570. The third kappa shape index (κ3) is 11.5. The normalized spacial score (nSPS) is 10.8. The van der Waals surface area contributed by atoms with Crippen LogP contribution in [0.4, 0.5) is 0 Å². The fourth-order valence-electron chi connectivity index (χ4n) is 1.48. The summed E-state index contributed by atoms with van der Waals surface area (Å²) >= 11 is 0. The zero-order valence-electron chi connectivity index (χ0n) is 11.1. The Morgan fingerprint density at radius 2 is 1.81 bits per heavy atom. The molecule has 0 rings (SSSR count). The second-order valence-corrected chi connectivity index (χ2v) is 4.54. The standard InChI is InChI=1S/C13H27NO2/c1-4-5-6-9-12-16-13(15)10-7-8-11-14(2)3/h4-12H2,1-3H3. The number of esters is 1. The topological polar surface area (TPSA) is 29.5 Å². The van der Waals surface area contributed by atoms with E-state index in [1.165, 1.54) is 19.3 Å². The Morgan fingerprint density at radius 1 is 1.06 bits per heavy atom. The van der Waals surface area contributed by atoms with E-state index in [0.29, 0.717) is 13.0 Å². The van der Waals surface area contributed by atoms with E-state index in [-0.39, 0.29) is 5.97 Å². The van der Waals surface area contributed by atoms with Gasteiger partial charge in [-0.15, -0.1) is 0 Å². The summed E-state index contributed by atoms with van der Waals surface area (Å²) in [6, 6.07) is 0. The Labute approximate surface area is 100 Å². The molecule has 0 saturated heterocycles. The lowest BCUT2D eigenvalue weighted by atomic mass is 10.2. The van der Waals surface area contributed by atoms with Crippen molar-refractivity contribution in [1.82, 2.24) is 4.90 Å². The first kappa shape index (κ1) is 15.4. The molecular weight excluding hydrogens is 202 g/mol. The number of hydrogen-bond acceptors (Lipinski definition) is 3. The molecule has 0 atom stereocenters. The minimum absolute atomic E-state index is 0.0322. The van der Waals surface area contributed by atoms with Crippen LogP contribution in [0.1, 0.15) is 51.9 Å². The van der Waals surface area contributed by atoms with Crippen LogP contribution >= 0.6 is 0 Å². The van der Waals surface area contributed by atoms with Crippen molar-refractivity contribution in [3.8, 4) is 0 Å². The largest absolute Gasteiger partial charge is 0.466 e. The van der Waals surface area contributed by atoms with Gasteiger partial charge in [-0.2, -0.15) is 0 Å². The van der Waals surface area contributed by atoms with E-state index in [9.17, 15) is 4.79 Å². The van der Waals surface area contributed by atoms with Gasteiger partial charge in [-0.1, -0.05) is 26.2 Å². The number of ether oxygens (including phenoxy) is 1. The number of nitrogens with zero attached hydrogens (tertiary/aromatic N) is 1. The molecule has 0 aromatic heterocycles. The molecule has 3 nitrogen and oxygen atoms in total. The summed E-state index contributed by atoms with van der Waals surface area (Å²) in [5.41, 5.74) is 0. The van der Waals surface area contributed by atoms with Crippen molar-refractivity contribution in [3.63, 3.8) is 0 Å². The van der Waals surface area contributed by atoms with Gasteiger partial charge in [-0.25, -0.2) is 0 Å². The summed E-state index contributed by atoms with van der Waals surface area (Å²) in [6.07, 6.45) is 7.21. The summed E-state index contributed by atoms with van der Waals surface area (Å²) < 4.78 is 5.14. The van der Waals surface area contributed by atoms with Gasteiger partial charge in [0, 0.05) is 6.42 Å². The molecule has 0 amide bonds. The number of unbranched alkanes of at least 4 members (excludes halogenated alkanes) is 4. The first-order valence-corrected chi connectivity index (χ1v) is 6.47. The summed E-state index contributed by atoms with van der Waals surface area (Å²) in [5, 5.41) is 0. The highest BCUT2D eigenvalue weighted by Gasteiger charge is 2.02. The Balaban J connectivity index is 3.18. The summed E-state index contributed by atoms with van der Waals surface area (Å²) in [6.45, 7) is 3.83. The van der Waals surface area contributed by atoms with Crippen LogP contribution in [0.3, 0.4) is 0 Å². The van der Waals surface area contributed by atoms with Crippen molar-refractivity contribution in [2.75, 3.05) is 27.2 Å². The van der Waals surface area contributed by atoms with Crippen molar-refractivity contribution in [2.24, 2.45) is 0 Å². The van der Waals surface area contributed by atoms with Crippen molar-refractivity contribution in [2.45, 2.75) is 51.9 Å². The van der Waals surface area contributed by atoms with E-state index >= 15 is 0 Å². The summed E-state index contributed by atoms with van der Waals surface area (Å²) in [5.74, 6) is -0.0322. The van der Waals surface area contributed by atoms with Gasteiger partial charge >= 0.3 is 5.97 Å². The molecule has 0 spiro atoms. The van der Waals surface area contributed by atoms with E-state index in [1.807, 2.05) is 14.1 Å². The number of rotatable bonds is 10. The second kappa shape index (κ2) is 10.9. The van der Waals surface area contributed by atoms with Gasteiger partial charge in [0.25, 0.3) is 0 Å². The van der Waals surface area contributed by atoms with E-state index in [2.05, 4.69) is 11.8 Å². The second-order valence-electron chi connectivity index (χ2n) is 4.54. The minimum Gasteiger partial charge on any atom is -0.466 e. The van der Waals surface area contributed by atoms with Crippen LogP contribution in [-0.2, 0) is 9.53 Å². The van der Waals surface area contributed by atoms with Gasteiger partial charge in [-0.3, -0.25) is 4.79 Å². The van der Waals surface area contributed by atoms with Crippen LogP contribution in [0.25, 0.3) is 0 Å². The highest BCUT2D eigenvalue weighted by molar-refractivity contribution is 5.69. The smallest absolute Gasteiger partial charge is 0.305 e. The fraction of sp³-hybridized carbons (Fsp3) is 0.923. The quantitative estimate of drug-likeness (QED) is 0.426. The number of carbonyl (C=O) groups excluding carboxylic acids is 1. The van der Waals surface area contributed by atoms with Gasteiger partial charge < -0.3 is 9.64 Å². The lowest BCUT2D eigenvalue weighted by Gasteiger charge is -2.08. The number of hydrogen-bond donors (Lipinski definition) is 0. The Morgan fingerprint density at radius 3 is 2.44 bits per heavy atom. The van der Waals surface area contributed by atoms with Gasteiger partial charge in [0.05, 0.1) is 6.61 Å². The fourth-order valence-corrected chi connectivity index (χ4v) is 1.48. The molecule has 0 heterocycles. The molecule has 0 fully saturated rings. The molecule has 3 heteroatoms. The average Bonchev–Trinajstić information content (AvgIpc) is 2.24. The van der Waals surface area contributed by atoms with Crippen LogP contribution in [0.2, 0.25) is 0 Å². The molecule has 0 aliphatic carbocycles. The number of carbonyl (C=O) groups is 1. The van der Waals surface area contributed by atoms with Crippen molar-refractivity contribution in [3.05, 3.63) is 0 Å². The third-order valence-corrected chi connectivity index (χ3v) is 2.50. The van der Waals surface area contributed by atoms with E-state index in [1.54, 1.807) is 0 Å². The highest BCUT2D eigenvalue weighted by atomic mass is 16.5. The molecule has 0 aliphatic rings. The molecule has 0 unspecified atom stereocenters. The molecule has 96 valence electrons. The molecular formula is C13H27NO2. The summed E-state index contributed by atoms with van der Waals surface area (Å²) in [4.78, 5) is 13.4. The lowest BCUT2D eigenvalue weighted by molar-refractivity contribution is -0.143. The van der Waals surface area contributed by atoms with Gasteiger partial charge in [0.2, 0.25) is 0 Å². The SMILES string of the molecule is CCCCCCOC(=O)CCCCN(C)C. The van der Waals surface area contributed by atoms with Crippen LogP contribution in [0, 0.1) is 0 Å². The monoisotopic (exact) mass is 229 g/mol. The van der Waals surface area contributed by atoms with E-state index < -0.39 is 0 Å². The highest BCUT2D eigenvalue weighted by Crippen LogP contribution is 2.02. The Kier molecular flexibility index (Phi) is 10.5. The molecule has 0 aliphatic heterocycles. The van der Waals surface area contributed by atoms with Crippen LogP contribution < -0.4 is 0 Å². The molecule has 0 saturated carbocycles. The van der Waals surface area contributed by atoms with Crippen molar-refractivity contribution >= 4 is 5.97 Å². The maximum absolute atomic E-state index is 11.3. The zero-order chi connectivity index (χ0) is 12.2. The van der Waals surface area contributed by atoms with Crippen LogP contribution in [-0.4, -0.2) is 38.1 Å². The third-order valence-electron chi connectivity index (χ3n) is 2.50. The molecule has 0 N–H and O–H groups in total. The van der Waals surface area contributed by atoms with Crippen molar-refractivity contribution in [1.29, 1.82) is 0 Å². The molecule has 16 heavy (non-hydrogen) atoms. The molecule has 0 bridgehead atoms. The maximum atomic E-state index is 11.3. The van der Waals surface area contributed by atoms with Gasteiger partial charge in [0.15, 0.2) is 0 Å². The minimum atomic E-state index is -0.0322. The maximum Gasteiger partial charge on any atom is 0.305 e. The first-order valence-electron chi connectivity index (χ1n) is 6.47. The predicted octanol–water partition coefficient (Wildman–Crippen LogP) is 2.84. The zero-order valence-corrected chi connectivity index (χ0v) is 11.1. The molecule has 0 aromatic carbocycles.